The summed E-state index contributed by atoms with van der Waals surface area (Å²) in [6.07, 6.45) is 3.40. The smallest absolute Gasteiger partial charge is 0.254 e. The first-order valence-electron chi connectivity index (χ1n) is 11.7. The first kappa shape index (κ1) is 25.2. The average Bonchev–Trinajstić information content (AvgIpc) is 2.87. The van der Waals surface area contributed by atoms with Crippen LogP contribution in [-0.4, -0.2) is 42.2 Å². The molecule has 1 saturated heterocycles. The van der Waals surface area contributed by atoms with Crippen LogP contribution in [0.2, 0.25) is 0 Å². The number of nitrogen functional groups attached to an aromatic ring is 1. The maximum atomic E-state index is 15.2. The van der Waals surface area contributed by atoms with Crippen LogP contribution < -0.4 is 16.4 Å². The Balaban J connectivity index is 1.56. The Hall–Kier alpha value is -2.88. The van der Waals surface area contributed by atoms with Gasteiger partial charge in [0.1, 0.15) is 17.3 Å². The number of halogens is 2. The molecule has 4 rings (SSSR count). The number of amides is 1. The molecule has 3 aromatic rings. The van der Waals surface area contributed by atoms with Crippen molar-refractivity contribution in [2.75, 3.05) is 32.0 Å². The van der Waals surface area contributed by atoms with Gasteiger partial charge in [0.2, 0.25) is 0 Å². The Bertz CT molecular complexity index is 1190. The second-order valence-electron chi connectivity index (χ2n) is 8.50. The lowest BCUT2D eigenvalue weighted by atomic mass is 9.96. The molecule has 0 radical (unpaired) electrons. The third kappa shape index (κ3) is 6.22. The minimum Gasteiger partial charge on any atom is -0.382 e. The quantitative estimate of drug-likeness (QED) is 0.385. The largest absolute Gasteiger partial charge is 0.382 e. The van der Waals surface area contributed by atoms with Crippen molar-refractivity contribution in [1.82, 2.24) is 20.6 Å². The second kappa shape index (κ2) is 11.7. The highest BCUT2D eigenvalue weighted by atomic mass is 79.9. The Kier molecular flexibility index (Phi) is 8.43. The predicted octanol–water partition coefficient (Wildman–Crippen LogP) is 4.60. The van der Waals surface area contributed by atoms with Crippen LogP contribution in [0.15, 0.2) is 53.1 Å². The van der Waals surface area contributed by atoms with E-state index in [0.29, 0.717) is 31.0 Å². The number of ether oxygens (including phenoxy) is 1. The van der Waals surface area contributed by atoms with E-state index in [-0.39, 0.29) is 23.3 Å². The minimum absolute atomic E-state index is 0.0441. The molecule has 2 aromatic carbocycles. The molecule has 35 heavy (non-hydrogen) atoms. The molecule has 1 atom stereocenters. The van der Waals surface area contributed by atoms with Crippen molar-refractivity contribution >= 4 is 27.7 Å². The number of nitrogens with two attached hydrogens (primary N) is 1. The summed E-state index contributed by atoms with van der Waals surface area (Å²) in [5.41, 5.74) is 8.66. The van der Waals surface area contributed by atoms with Gasteiger partial charge in [-0.2, -0.15) is 0 Å². The molecule has 0 saturated carbocycles. The summed E-state index contributed by atoms with van der Waals surface area (Å²) in [6.45, 7) is 4.62. The molecular weight excluding hydrogens is 513 g/mol. The van der Waals surface area contributed by atoms with Gasteiger partial charge in [-0.05, 0) is 49.2 Å². The summed E-state index contributed by atoms with van der Waals surface area (Å²) < 4.78 is 21.5. The number of nitrogens with zero attached hydrogens (tertiary/aromatic N) is 2. The molecule has 0 bridgehead atoms. The average molecular weight is 542 g/mol. The zero-order valence-corrected chi connectivity index (χ0v) is 21.1. The van der Waals surface area contributed by atoms with Crippen molar-refractivity contribution < 1.29 is 13.9 Å². The van der Waals surface area contributed by atoms with E-state index in [4.69, 9.17) is 10.5 Å². The third-order valence-electron chi connectivity index (χ3n) is 6.10. The van der Waals surface area contributed by atoms with Gasteiger partial charge in [-0.25, -0.2) is 14.4 Å². The molecule has 1 aliphatic rings. The summed E-state index contributed by atoms with van der Waals surface area (Å²) >= 11 is 3.47. The highest BCUT2D eigenvalue weighted by molar-refractivity contribution is 9.10. The fraction of sp³-hybridized carbons (Fsp3) is 0.346. The van der Waals surface area contributed by atoms with Gasteiger partial charge in [0.05, 0.1) is 23.5 Å². The first-order valence-corrected chi connectivity index (χ1v) is 12.5. The topological polar surface area (TPSA) is 102 Å². The standard InChI is InChI=1S/C26H29BrFN5O2/c1-2-30-14-22(17-4-3-5-19(27)12-17)33-26(34)20-7-6-18(13-21(20)28)24-25(29)31-15-23(32-24)16-8-10-35-11-9-16/h3-7,12-13,15-16,22,30H,2,8-11,14H2,1H3,(H2,29,31)(H,33,34). The highest BCUT2D eigenvalue weighted by Gasteiger charge is 2.22. The van der Waals surface area contributed by atoms with Crippen molar-refractivity contribution in [2.45, 2.75) is 31.7 Å². The molecule has 7 nitrogen and oxygen atoms in total. The van der Waals surface area contributed by atoms with Gasteiger partial charge in [-0.3, -0.25) is 4.79 Å². The first-order chi connectivity index (χ1) is 17.0. The summed E-state index contributed by atoms with van der Waals surface area (Å²) in [7, 11) is 0. The normalized spacial score (nSPS) is 15.1. The van der Waals surface area contributed by atoms with Gasteiger partial charge >= 0.3 is 0 Å². The van der Waals surface area contributed by atoms with Crippen LogP contribution in [-0.2, 0) is 4.74 Å². The van der Waals surface area contributed by atoms with E-state index in [1.54, 1.807) is 12.3 Å². The van der Waals surface area contributed by atoms with Crippen LogP contribution in [0.5, 0.6) is 0 Å². The molecule has 184 valence electrons. The van der Waals surface area contributed by atoms with Crippen molar-refractivity contribution in [3.8, 4) is 11.3 Å². The number of nitrogens with one attached hydrogen (secondary N) is 2. The Labute approximate surface area is 212 Å². The van der Waals surface area contributed by atoms with Crippen LogP contribution >= 0.6 is 15.9 Å². The number of anilines is 1. The van der Waals surface area contributed by atoms with Crippen LogP contribution in [0.3, 0.4) is 0 Å². The lowest BCUT2D eigenvalue weighted by Gasteiger charge is -2.22. The number of aromatic nitrogens is 2. The third-order valence-corrected chi connectivity index (χ3v) is 6.59. The molecule has 9 heteroatoms. The number of likely N-dealkylation sites (N-methyl/N-ethyl adjacent to an activating group) is 1. The molecule has 0 spiro atoms. The van der Waals surface area contributed by atoms with Crippen molar-refractivity contribution in [3.63, 3.8) is 0 Å². The van der Waals surface area contributed by atoms with Crippen LogP contribution in [0.1, 0.15) is 53.3 Å². The van der Waals surface area contributed by atoms with Crippen LogP contribution in [0, 0.1) is 5.82 Å². The highest BCUT2D eigenvalue weighted by Crippen LogP contribution is 2.30. The number of benzene rings is 2. The maximum Gasteiger partial charge on any atom is 0.254 e. The molecule has 1 aromatic heterocycles. The van der Waals surface area contributed by atoms with E-state index in [1.165, 1.54) is 12.1 Å². The molecule has 0 aliphatic carbocycles. The fourth-order valence-electron chi connectivity index (χ4n) is 4.16. The molecule has 4 N–H and O–H groups in total. The molecule has 2 heterocycles. The van der Waals surface area contributed by atoms with Crippen molar-refractivity contribution in [3.05, 3.63) is 75.8 Å². The van der Waals surface area contributed by atoms with E-state index in [1.807, 2.05) is 31.2 Å². The lowest BCUT2D eigenvalue weighted by molar-refractivity contribution is 0.0844. The minimum atomic E-state index is -0.644. The second-order valence-corrected chi connectivity index (χ2v) is 9.41. The molecule has 1 unspecified atom stereocenters. The van der Waals surface area contributed by atoms with Crippen LogP contribution in [0.25, 0.3) is 11.3 Å². The zero-order chi connectivity index (χ0) is 24.8. The van der Waals surface area contributed by atoms with Gasteiger partial charge < -0.3 is 21.1 Å². The molecule has 1 amide bonds. The summed E-state index contributed by atoms with van der Waals surface area (Å²) in [5.74, 6) is -0.684. The van der Waals surface area contributed by atoms with Gasteiger partial charge in [0.15, 0.2) is 0 Å². The SMILES string of the molecule is CCNCC(NC(=O)c1ccc(-c2nc(C3CCOCC3)cnc2N)cc1F)c1cccc(Br)c1. The summed E-state index contributed by atoms with van der Waals surface area (Å²) in [6, 6.07) is 11.8. The van der Waals surface area contributed by atoms with Gasteiger partial charge in [0, 0.05) is 35.7 Å². The lowest BCUT2D eigenvalue weighted by Crippen LogP contribution is -2.36. The van der Waals surface area contributed by atoms with Crippen LogP contribution in [0.4, 0.5) is 10.2 Å². The molecule has 1 fully saturated rings. The van der Waals surface area contributed by atoms with E-state index < -0.39 is 11.7 Å². The number of hydrogen-bond donors (Lipinski definition) is 3. The van der Waals surface area contributed by atoms with E-state index >= 15 is 4.39 Å². The summed E-state index contributed by atoms with van der Waals surface area (Å²) in [4.78, 5) is 22.0. The predicted molar refractivity (Wildman–Crippen MR) is 138 cm³/mol. The maximum absolute atomic E-state index is 15.2. The fourth-order valence-corrected chi connectivity index (χ4v) is 4.58. The Morgan fingerprint density at radius 3 is 2.77 bits per heavy atom. The van der Waals surface area contributed by atoms with Gasteiger partial charge in [-0.1, -0.05) is 41.1 Å². The van der Waals surface area contributed by atoms with Gasteiger partial charge in [-0.15, -0.1) is 0 Å². The molecule has 1 aliphatic heterocycles. The number of rotatable bonds is 8. The number of carbonyl (C=O) groups excluding carboxylic acids is 1. The van der Waals surface area contributed by atoms with Crippen molar-refractivity contribution in [2.24, 2.45) is 0 Å². The monoisotopic (exact) mass is 541 g/mol. The Morgan fingerprint density at radius 2 is 2.06 bits per heavy atom. The van der Waals surface area contributed by atoms with Gasteiger partial charge in [0.25, 0.3) is 5.91 Å². The number of carbonyl (C=O) groups is 1. The number of hydrogen-bond acceptors (Lipinski definition) is 6. The van der Waals surface area contributed by atoms with Crippen molar-refractivity contribution in [1.29, 1.82) is 0 Å². The molecular formula is C26H29BrFN5O2. The Morgan fingerprint density at radius 1 is 1.26 bits per heavy atom. The van der Waals surface area contributed by atoms with E-state index in [2.05, 4.69) is 36.5 Å². The zero-order valence-electron chi connectivity index (χ0n) is 19.6. The summed E-state index contributed by atoms with van der Waals surface area (Å²) in [5, 5.41) is 6.19. The van der Waals surface area contributed by atoms with E-state index in [9.17, 15) is 4.79 Å². The van der Waals surface area contributed by atoms with E-state index in [0.717, 1.165) is 35.1 Å².